The first-order valence-electron chi connectivity index (χ1n) is 9.71. The number of aryl methyl sites for hydroxylation is 1. The lowest BCUT2D eigenvalue weighted by Gasteiger charge is -2.70. The predicted molar refractivity (Wildman–Crippen MR) is 104 cm³/mol. The number of aromatic nitrogens is 3. The Morgan fingerprint density at radius 1 is 1.24 bits per heavy atom. The molecule has 2 bridgehead atoms. The Kier molecular flexibility index (Phi) is 5.30. The minimum absolute atomic E-state index is 0.0375. The van der Waals surface area contributed by atoms with Gasteiger partial charge in [0.2, 0.25) is 0 Å². The Bertz CT molecular complexity index is 1130. The van der Waals surface area contributed by atoms with Gasteiger partial charge in [-0.2, -0.15) is 31.4 Å². The third-order valence-corrected chi connectivity index (χ3v) is 6.46. The highest BCUT2D eigenvalue weighted by Crippen LogP contribution is 2.79. The second-order valence-corrected chi connectivity index (χ2v) is 8.92. The number of esters is 1. The van der Waals surface area contributed by atoms with Crippen LogP contribution in [0.15, 0.2) is 23.3 Å². The molecular formula is C20H17ClF6N4O2. The summed E-state index contributed by atoms with van der Waals surface area (Å²) in [6.07, 6.45) is -8.44. The summed E-state index contributed by atoms with van der Waals surface area (Å²) in [5, 5.41) is 3.37. The van der Waals surface area contributed by atoms with Crippen molar-refractivity contribution in [3.05, 3.63) is 41.0 Å². The minimum Gasteiger partial charge on any atom is -0.464 e. The van der Waals surface area contributed by atoms with Crippen molar-refractivity contribution in [3.63, 3.8) is 0 Å². The standard InChI is InChI=1S/C20H17ClF6N4O2/c1-10-13(19(22,23)24)14(15(21)29-11-3-4-28-12(5-11)16(32)33-2)31(30-10)9-17-6-18(7-17,8-17)20(25,26)27/h3-5H,6-9H2,1-2H3. The van der Waals surface area contributed by atoms with Crippen LogP contribution in [0.3, 0.4) is 0 Å². The number of methoxy groups -OCH3 is 1. The lowest BCUT2D eigenvalue weighted by atomic mass is 9.35. The summed E-state index contributed by atoms with van der Waals surface area (Å²) in [7, 11) is 1.14. The van der Waals surface area contributed by atoms with Gasteiger partial charge in [0.15, 0.2) is 5.17 Å². The zero-order valence-corrected chi connectivity index (χ0v) is 18.1. The van der Waals surface area contributed by atoms with Crippen LogP contribution in [0.1, 0.15) is 46.7 Å². The molecule has 0 N–H and O–H groups in total. The van der Waals surface area contributed by atoms with Crippen molar-refractivity contribution in [1.29, 1.82) is 0 Å². The van der Waals surface area contributed by atoms with Crippen molar-refractivity contribution in [1.82, 2.24) is 14.8 Å². The fourth-order valence-corrected chi connectivity index (χ4v) is 5.19. The van der Waals surface area contributed by atoms with Gasteiger partial charge >= 0.3 is 18.3 Å². The van der Waals surface area contributed by atoms with Crippen molar-refractivity contribution in [2.24, 2.45) is 15.8 Å². The molecule has 0 saturated heterocycles. The second kappa shape index (κ2) is 7.44. The molecule has 33 heavy (non-hydrogen) atoms. The lowest BCUT2D eigenvalue weighted by Crippen LogP contribution is -2.69. The monoisotopic (exact) mass is 494 g/mol. The van der Waals surface area contributed by atoms with E-state index in [1.54, 1.807) is 0 Å². The van der Waals surface area contributed by atoms with Crippen LogP contribution in [0, 0.1) is 17.8 Å². The third kappa shape index (κ3) is 3.87. The third-order valence-electron chi connectivity index (χ3n) is 6.20. The van der Waals surface area contributed by atoms with Crippen LogP contribution >= 0.6 is 11.6 Å². The van der Waals surface area contributed by atoms with Gasteiger partial charge in [-0.1, -0.05) is 11.6 Å². The quantitative estimate of drug-likeness (QED) is 0.315. The molecule has 0 radical (unpaired) electrons. The highest BCUT2D eigenvalue weighted by Gasteiger charge is 2.78. The number of hydrogen-bond acceptors (Lipinski definition) is 5. The Balaban J connectivity index is 1.70. The van der Waals surface area contributed by atoms with Crippen LogP contribution in [0.5, 0.6) is 0 Å². The highest BCUT2D eigenvalue weighted by molar-refractivity contribution is 6.69. The van der Waals surface area contributed by atoms with Gasteiger partial charge in [-0.15, -0.1) is 0 Å². The Morgan fingerprint density at radius 3 is 2.42 bits per heavy atom. The number of pyridine rings is 1. The molecule has 13 heteroatoms. The number of rotatable bonds is 5. The van der Waals surface area contributed by atoms with Crippen LogP contribution < -0.4 is 0 Å². The smallest absolute Gasteiger partial charge is 0.420 e. The molecule has 3 fully saturated rings. The summed E-state index contributed by atoms with van der Waals surface area (Å²) in [4.78, 5) is 19.4. The van der Waals surface area contributed by atoms with Gasteiger partial charge in [0, 0.05) is 12.7 Å². The van der Waals surface area contributed by atoms with Gasteiger partial charge in [0.25, 0.3) is 0 Å². The minimum atomic E-state index is -4.82. The molecule has 0 amide bonds. The zero-order valence-electron chi connectivity index (χ0n) is 17.3. The molecule has 0 spiro atoms. The number of carbonyl (C=O) groups excluding carboxylic acids is 1. The molecule has 5 rings (SSSR count). The van der Waals surface area contributed by atoms with E-state index in [0.29, 0.717) is 0 Å². The summed E-state index contributed by atoms with van der Waals surface area (Å²) in [6, 6.07) is 2.51. The number of carbonyl (C=O) groups is 1. The van der Waals surface area contributed by atoms with Gasteiger partial charge in [0.05, 0.1) is 23.9 Å². The zero-order chi connectivity index (χ0) is 24.4. The molecule has 178 valence electrons. The molecule has 2 aromatic heterocycles. The SMILES string of the molecule is COC(=O)c1cc(N=C(Cl)c2c(C(F)(F)F)c(C)nn2CC23CC(C(F)(F)F)(C2)C3)ccn1. The van der Waals surface area contributed by atoms with E-state index < -0.39 is 45.6 Å². The highest BCUT2D eigenvalue weighted by atomic mass is 35.5. The molecule has 6 nitrogen and oxygen atoms in total. The van der Waals surface area contributed by atoms with Crippen LogP contribution in [0.4, 0.5) is 32.0 Å². The Hall–Kier alpha value is -2.63. The fraction of sp³-hybridized carbons (Fsp3) is 0.500. The van der Waals surface area contributed by atoms with Gasteiger partial charge in [-0.3, -0.25) is 4.68 Å². The first kappa shape index (κ1) is 23.5. The summed E-state index contributed by atoms with van der Waals surface area (Å²) >= 11 is 6.21. The van der Waals surface area contributed by atoms with Crippen molar-refractivity contribution in [2.75, 3.05) is 7.11 Å². The number of ether oxygens (including phenoxy) is 1. The summed E-state index contributed by atoms with van der Waals surface area (Å²) in [5.74, 6) is -0.776. The molecule has 0 aromatic carbocycles. The number of hydrogen-bond donors (Lipinski definition) is 0. The fourth-order valence-electron chi connectivity index (χ4n) is 4.90. The van der Waals surface area contributed by atoms with E-state index in [9.17, 15) is 31.1 Å². The van der Waals surface area contributed by atoms with Gasteiger partial charge < -0.3 is 4.74 Å². The average Bonchev–Trinajstić information content (AvgIpc) is 2.98. The maximum Gasteiger partial charge on any atom is 0.420 e. The normalized spacial score (nSPS) is 24.8. The topological polar surface area (TPSA) is 69.4 Å². The van der Waals surface area contributed by atoms with Crippen molar-refractivity contribution in [3.8, 4) is 0 Å². The van der Waals surface area contributed by atoms with Gasteiger partial charge in [-0.05, 0) is 43.7 Å². The maximum atomic E-state index is 13.8. The van der Waals surface area contributed by atoms with Crippen LogP contribution in [-0.2, 0) is 17.5 Å². The van der Waals surface area contributed by atoms with Crippen LogP contribution in [0.2, 0.25) is 0 Å². The second-order valence-electron chi connectivity index (χ2n) is 8.57. The van der Waals surface area contributed by atoms with Crippen molar-refractivity contribution in [2.45, 2.75) is 45.1 Å². The summed E-state index contributed by atoms with van der Waals surface area (Å²) in [6.45, 7) is 1.00. The predicted octanol–water partition coefficient (Wildman–Crippen LogP) is 5.44. The van der Waals surface area contributed by atoms with Crippen molar-refractivity contribution >= 4 is 28.4 Å². The largest absolute Gasteiger partial charge is 0.464 e. The number of aliphatic imine (C=N–C) groups is 1. The molecule has 0 atom stereocenters. The molecule has 3 aliphatic rings. The summed E-state index contributed by atoms with van der Waals surface area (Å²) in [5.41, 5.74) is -4.64. The van der Waals surface area contributed by atoms with Gasteiger partial charge in [0.1, 0.15) is 17.0 Å². The Morgan fingerprint density at radius 2 is 1.88 bits per heavy atom. The average molecular weight is 495 g/mol. The molecular weight excluding hydrogens is 478 g/mol. The van der Waals surface area contributed by atoms with E-state index in [1.807, 2.05) is 0 Å². The molecule has 2 heterocycles. The van der Waals surface area contributed by atoms with Gasteiger partial charge in [-0.25, -0.2) is 14.8 Å². The maximum absolute atomic E-state index is 13.8. The molecule has 0 aliphatic heterocycles. The lowest BCUT2D eigenvalue weighted by molar-refractivity contribution is -0.366. The van der Waals surface area contributed by atoms with E-state index in [1.165, 1.54) is 18.3 Å². The first-order chi connectivity index (χ1) is 15.2. The molecule has 0 unspecified atom stereocenters. The van der Waals surface area contributed by atoms with E-state index in [2.05, 4.69) is 19.8 Å². The molecule has 3 aliphatic carbocycles. The van der Waals surface area contributed by atoms with Crippen LogP contribution in [0.25, 0.3) is 0 Å². The summed E-state index contributed by atoms with van der Waals surface area (Å²) < 4.78 is 86.5. The number of alkyl halides is 6. The first-order valence-corrected chi connectivity index (χ1v) is 10.1. The van der Waals surface area contributed by atoms with Crippen LogP contribution in [-0.4, -0.2) is 39.2 Å². The van der Waals surface area contributed by atoms with E-state index >= 15 is 0 Å². The van der Waals surface area contributed by atoms with E-state index in [4.69, 9.17) is 11.6 Å². The van der Waals surface area contributed by atoms with E-state index in [-0.39, 0.29) is 42.9 Å². The number of halogens is 7. The molecule has 2 aromatic rings. The van der Waals surface area contributed by atoms with Crippen molar-refractivity contribution < 1.29 is 35.9 Å². The Labute approximate surface area is 188 Å². The number of nitrogens with zero attached hydrogens (tertiary/aromatic N) is 4. The van der Waals surface area contributed by atoms with E-state index in [0.717, 1.165) is 18.7 Å². The molecule has 3 saturated carbocycles.